The van der Waals surface area contributed by atoms with Crippen LogP contribution in [0.4, 0.5) is 0 Å². The highest BCUT2D eigenvalue weighted by atomic mass is 35.5. The number of nitrogens with two attached hydrogens (primary N) is 1. The lowest BCUT2D eigenvalue weighted by Gasteiger charge is -2.24. The van der Waals surface area contributed by atoms with Gasteiger partial charge in [0.2, 0.25) is 0 Å². The summed E-state index contributed by atoms with van der Waals surface area (Å²) in [6.45, 7) is 4.97. The van der Waals surface area contributed by atoms with Gasteiger partial charge in [-0.05, 0) is 18.9 Å². The van der Waals surface area contributed by atoms with Crippen LogP contribution in [0, 0.1) is 0 Å². The lowest BCUT2D eigenvalue weighted by atomic mass is 9.88. The summed E-state index contributed by atoms with van der Waals surface area (Å²) in [7, 11) is 0. The molecule has 0 fully saturated rings. The van der Waals surface area contributed by atoms with Gasteiger partial charge < -0.3 is 5.73 Å². The van der Waals surface area contributed by atoms with Crippen LogP contribution in [-0.4, -0.2) is 9.78 Å². The fourth-order valence-corrected chi connectivity index (χ4v) is 2.81. The number of halogens is 1. The van der Waals surface area contributed by atoms with Crippen LogP contribution >= 0.6 is 11.6 Å². The van der Waals surface area contributed by atoms with Crippen molar-refractivity contribution in [1.29, 1.82) is 0 Å². The van der Waals surface area contributed by atoms with Crippen molar-refractivity contribution in [1.82, 2.24) is 9.78 Å². The van der Waals surface area contributed by atoms with Gasteiger partial charge in [-0.25, -0.2) is 0 Å². The first-order valence-corrected chi connectivity index (χ1v) is 7.08. The zero-order chi connectivity index (χ0) is 13.8. The SMILES string of the molecule is CCC(c1ccccc1)C(N)c1c(Cl)cnn1CC. The Hall–Kier alpha value is -1.32. The number of aromatic nitrogens is 2. The van der Waals surface area contributed by atoms with Crippen LogP contribution in [-0.2, 0) is 6.54 Å². The van der Waals surface area contributed by atoms with Crippen LogP contribution < -0.4 is 5.73 Å². The first kappa shape index (κ1) is 14.1. The van der Waals surface area contributed by atoms with E-state index in [9.17, 15) is 0 Å². The molecule has 2 unspecified atom stereocenters. The monoisotopic (exact) mass is 277 g/mol. The zero-order valence-electron chi connectivity index (χ0n) is 11.4. The van der Waals surface area contributed by atoms with Gasteiger partial charge in [0.25, 0.3) is 0 Å². The molecule has 19 heavy (non-hydrogen) atoms. The molecule has 1 aromatic heterocycles. The molecule has 2 rings (SSSR count). The Kier molecular flexibility index (Phi) is 4.61. The topological polar surface area (TPSA) is 43.8 Å². The maximum atomic E-state index is 6.46. The lowest BCUT2D eigenvalue weighted by Crippen LogP contribution is -2.23. The molecule has 1 heterocycles. The van der Waals surface area contributed by atoms with Crippen molar-refractivity contribution in [2.24, 2.45) is 5.73 Å². The van der Waals surface area contributed by atoms with Gasteiger partial charge in [0.1, 0.15) is 0 Å². The Balaban J connectivity index is 2.36. The van der Waals surface area contributed by atoms with Gasteiger partial charge in [0, 0.05) is 12.5 Å². The minimum atomic E-state index is -0.137. The molecular weight excluding hydrogens is 258 g/mol. The molecule has 0 aliphatic heterocycles. The molecule has 0 saturated carbocycles. The fraction of sp³-hybridized carbons (Fsp3) is 0.400. The summed E-state index contributed by atoms with van der Waals surface area (Å²) in [6.07, 6.45) is 2.65. The average Bonchev–Trinajstić information content (AvgIpc) is 2.81. The van der Waals surface area contributed by atoms with Gasteiger partial charge in [-0.3, -0.25) is 4.68 Å². The Morgan fingerprint density at radius 2 is 1.95 bits per heavy atom. The van der Waals surface area contributed by atoms with Crippen molar-refractivity contribution < 1.29 is 0 Å². The van der Waals surface area contributed by atoms with Crippen LogP contribution in [0.25, 0.3) is 0 Å². The molecule has 2 atom stereocenters. The Morgan fingerprint density at radius 3 is 2.53 bits per heavy atom. The highest BCUT2D eigenvalue weighted by molar-refractivity contribution is 6.31. The minimum Gasteiger partial charge on any atom is -0.322 e. The van der Waals surface area contributed by atoms with Crippen molar-refractivity contribution in [3.63, 3.8) is 0 Å². The lowest BCUT2D eigenvalue weighted by molar-refractivity contribution is 0.488. The van der Waals surface area contributed by atoms with E-state index >= 15 is 0 Å². The molecule has 102 valence electrons. The zero-order valence-corrected chi connectivity index (χ0v) is 12.1. The number of benzene rings is 1. The third-order valence-corrected chi connectivity index (χ3v) is 3.84. The summed E-state index contributed by atoms with van der Waals surface area (Å²) >= 11 is 6.24. The fourth-order valence-electron chi connectivity index (χ4n) is 2.54. The number of hydrogen-bond acceptors (Lipinski definition) is 2. The third-order valence-electron chi connectivity index (χ3n) is 3.55. The summed E-state index contributed by atoms with van der Waals surface area (Å²) in [5.74, 6) is 0.251. The van der Waals surface area contributed by atoms with E-state index in [-0.39, 0.29) is 12.0 Å². The molecule has 0 saturated heterocycles. The Labute approximate surface area is 119 Å². The van der Waals surface area contributed by atoms with Gasteiger partial charge in [-0.1, -0.05) is 48.9 Å². The molecule has 0 bridgehead atoms. The Morgan fingerprint density at radius 1 is 1.26 bits per heavy atom. The highest BCUT2D eigenvalue weighted by Crippen LogP contribution is 2.34. The van der Waals surface area contributed by atoms with Crippen molar-refractivity contribution in [2.45, 2.75) is 38.8 Å². The van der Waals surface area contributed by atoms with Crippen molar-refractivity contribution in [3.8, 4) is 0 Å². The summed E-state index contributed by atoms with van der Waals surface area (Å²) in [5.41, 5.74) is 8.64. The van der Waals surface area contributed by atoms with E-state index in [1.165, 1.54) is 5.56 Å². The molecule has 0 amide bonds. The molecule has 3 nitrogen and oxygen atoms in total. The van der Waals surface area contributed by atoms with Crippen molar-refractivity contribution in [2.75, 3.05) is 0 Å². The van der Waals surface area contributed by atoms with Crippen LogP contribution in [0.1, 0.15) is 43.5 Å². The minimum absolute atomic E-state index is 0.137. The molecule has 2 N–H and O–H groups in total. The molecule has 1 aromatic carbocycles. The number of hydrogen-bond donors (Lipinski definition) is 1. The summed E-state index contributed by atoms with van der Waals surface area (Å²) in [4.78, 5) is 0. The largest absolute Gasteiger partial charge is 0.322 e. The van der Waals surface area contributed by atoms with Crippen molar-refractivity contribution >= 4 is 11.6 Å². The standard InChI is InChI=1S/C15H20ClN3/c1-3-12(11-8-6-5-7-9-11)14(17)15-13(16)10-18-19(15)4-2/h5-10,12,14H,3-4,17H2,1-2H3. The summed E-state index contributed by atoms with van der Waals surface area (Å²) < 4.78 is 1.89. The normalized spacial score (nSPS) is 14.3. The van der Waals surface area contributed by atoms with E-state index in [1.54, 1.807) is 6.20 Å². The first-order chi connectivity index (χ1) is 9.19. The Bertz CT molecular complexity index is 521. The van der Waals surface area contributed by atoms with Crippen LogP contribution in [0.3, 0.4) is 0 Å². The average molecular weight is 278 g/mol. The predicted molar refractivity (Wildman–Crippen MR) is 79.3 cm³/mol. The quantitative estimate of drug-likeness (QED) is 0.904. The van der Waals surface area contributed by atoms with Gasteiger partial charge in [-0.2, -0.15) is 5.10 Å². The summed E-state index contributed by atoms with van der Waals surface area (Å²) in [6, 6.07) is 10.2. The van der Waals surface area contributed by atoms with E-state index in [0.29, 0.717) is 5.02 Å². The highest BCUT2D eigenvalue weighted by Gasteiger charge is 2.25. The second kappa shape index (κ2) is 6.22. The number of aryl methyl sites for hydroxylation is 1. The smallest absolute Gasteiger partial charge is 0.0834 e. The van der Waals surface area contributed by atoms with E-state index in [2.05, 4.69) is 24.2 Å². The van der Waals surface area contributed by atoms with E-state index in [1.807, 2.05) is 29.8 Å². The van der Waals surface area contributed by atoms with E-state index in [4.69, 9.17) is 17.3 Å². The molecule has 2 aromatic rings. The molecule has 4 heteroatoms. The molecular formula is C15H20ClN3. The number of nitrogens with zero attached hydrogens (tertiary/aromatic N) is 2. The van der Waals surface area contributed by atoms with Gasteiger partial charge in [-0.15, -0.1) is 0 Å². The number of rotatable bonds is 5. The van der Waals surface area contributed by atoms with Crippen LogP contribution in [0.5, 0.6) is 0 Å². The maximum absolute atomic E-state index is 6.46. The van der Waals surface area contributed by atoms with Gasteiger partial charge >= 0.3 is 0 Å². The van der Waals surface area contributed by atoms with E-state index < -0.39 is 0 Å². The predicted octanol–water partition coefficient (Wildman–Crippen LogP) is 3.75. The summed E-state index contributed by atoms with van der Waals surface area (Å²) in [5, 5.41) is 4.93. The maximum Gasteiger partial charge on any atom is 0.0834 e. The third kappa shape index (κ3) is 2.82. The van der Waals surface area contributed by atoms with Crippen LogP contribution in [0.15, 0.2) is 36.5 Å². The molecule has 0 aliphatic rings. The van der Waals surface area contributed by atoms with Gasteiger partial charge in [0.15, 0.2) is 0 Å². The van der Waals surface area contributed by atoms with Gasteiger partial charge in [0.05, 0.1) is 23.0 Å². The van der Waals surface area contributed by atoms with E-state index in [0.717, 1.165) is 18.7 Å². The van der Waals surface area contributed by atoms with Crippen LogP contribution in [0.2, 0.25) is 5.02 Å². The molecule has 0 aliphatic carbocycles. The molecule has 0 radical (unpaired) electrons. The van der Waals surface area contributed by atoms with Crippen molar-refractivity contribution in [3.05, 3.63) is 52.8 Å². The first-order valence-electron chi connectivity index (χ1n) is 6.70. The second-order valence-electron chi connectivity index (χ2n) is 4.64. The molecule has 0 spiro atoms. The second-order valence-corrected chi connectivity index (χ2v) is 5.05.